The Bertz CT molecular complexity index is 1100. The largest absolute Gasteiger partial charge is 0.453 e. The fraction of sp³-hybridized carbons (Fsp3) is 0.208. The number of carbonyl (C=O) groups excluding carboxylic acids is 2. The van der Waals surface area contributed by atoms with Gasteiger partial charge in [-0.25, -0.2) is 9.78 Å². The lowest BCUT2D eigenvalue weighted by Crippen LogP contribution is -2.48. The van der Waals surface area contributed by atoms with Crippen molar-refractivity contribution in [3.8, 4) is 0 Å². The van der Waals surface area contributed by atoms with E-state index in [-0.39, 0.29) is 6.09 Å². The monoisotopic (exact) mass is 431 g/mol. The molecule has 2 heterocycles. The zero-order valence-electron chi connectivity index (χ0n) is 17.7. The quantitative estimate of drug-likeness (QED) is 0.526. The average Bonchev–Trinajstić information content (AvgIpc) is 2.78. The van der Waals surface area contributed by atoms with Crippen LogP contribution < -0.4 is 16.4 Å². The number of amides is 2. The van der Waals surface area contributed by atoms with Gasteiger partial charge in [-0.1, -0.05) is 42.5 Å². The third-order valence-electron chi connectivity index (χ3n) is 5.46. The number of pyridine rings is 1. The summed E-state index contributed by atoms with van der Waals surface area (Å²) in [5.41, 5.74) is 9.59. The highest BCUT2D eigenvalue weighted by Crippen LogP contribution is 2.29. The summed E-state index contributed by atoms with van der Waals surface area (Å²) in [6.07, 6.45) is 1.18. The molecule has 0 aliphatic carbocycles. The number of hydrogen-bond donors (Lipinski definition) is 3. The van der Waals surface area contributed by atoms with Crippen LogP contribution in [0.1, 0.15) is 27.4 Å². The Morgan fingerprint density at radius 2 is 1.84 bits per heavy atom. The molecule has 0 atom stereocenters. The number of benzene rings is 2. The fourth-order valence-corrected chi connectivity index (χ4v) is 3.61. The zero-order chi connectivity index (χ0) is 22.5. The molecular formula is C24H25N5O3. The second-order valence-electron chi connectivity index (χ2n) is 7.64. The van der Waals surface area contributed by atoms with Gasteiger partial charge in [0, 0.05) is 43.5 Å². The van der Waals surface area contributed by atoms with E-state index in [0.717, 1.165) is 16.8 Å². The van der Waals surface area contributed by atoms with Crippen LogP contribution in [0.4, 0.5) is 22.0 Å². The molecule has 1 aliphatic heterocycles. The Kier molecular flexibility index (Phi) is 6.21. The van der Waals surface area contributed by atoms with Crippen LogP contribution in [0.5, 0.6) is 0 Å². The lowest BCUT2D eigenvalue weighted by Gasteiger charge is -2.38. The first-order valence-corrected chi connectivity index (χ1v) is 10.3. The van der Waals surface area contributed by atoms with Crippen molar-refractivity contribution >= 4 is 29.2 Å². The highest BCUT2D eigenvalue weighted by molar-refractivity contribution is 5.98. The molecule has 0 spiro atoms. The van der Waals surface area contributed by atoms with E-state index in [2.05, 4.69) is 15.6 Å². The molecule has 0 radical (unpaired) electrons. The van der Waals surface area contributed by atoms with Gasteiger partial charge in [0.2, 0.25) is 0 Å². The van der Waals surface area contributed by atoms with Crippen LogP contribution in [-0.2, 0) is 11.3 Å². The molecule has 1 fully saturated rings. The average molecular weight is 431 g/mol. The molecule has 4 N–H and O–H groups in total. The molecule has 0 unspecified atom stereocenters. The summed E-state index contributed by atoms with van der Waals surface area (Å²) >= 11 is 0. The molecule has 164 valence electrons. The normalized spacial score (nSPS) is 13.2. The standard InChI is InChI=1S/C24H25N5O3/c1-32-24(31)29-14-18(15-29)17-7-9-19(10-8-17)28-22-11-21(20(13-27-22)23(25)30)26-12-16-5-3-2-4-6-16/h2-11,13,18H,12,14-15H2,1H3,(H2,25,30)(H2,26,27,28). The smallest absolute Gasteiger partial charge is 0.409 e. The van der Waals surface area contributed by atoms with E-state index in [1.54, 1.807) is 11.0 Å². The predicted octanol–water partition coefficient (Wildman–Crippen LogP) is 3.70. The number of aromatic nitrogens is 1. The summed E-state index contributed by atoms with van der Waals surface area (Å²) in [5.74, 6) is 0.370. The zero-order valence-corrected chi connectivity index (χ0v) is 17.7. The minimum absolute atomic E-state index is 0.290. The highest BCUT2D eigenvalue weighted by Gasteiger charge is 2.32. The van der Waals surface area contributed by atoms with Crippen LogP contribution in [0.15, 0.2) is 66.9 Å². The molecule has 0 bridgehead atoms. The number of anilines is 3. The van der Waals surface area contributed by atoms with Gasteiger partial charge in [0.15, 0.2) is 0 Å². The van der Waals surface area contributed by atoms with E-state index in [1.807, 2.05) is 54.6 Å². The minimum Gasteiger partial charge on any atom is -0.453 e. The molecule has 2 amide bonds. The molecule has 8 nitrogen and oxygen atoms in total. The number of carbonyl (C=O) groups is 2. The Morgan fingerprint density at radius 1 is 1.12 bits per heavy atom. The van der Waals surface area contributed by atoms with E-state index in [4.69, 9.17) is 10.5 Å². The van der Waals surface area contributed by atoms with Crippen molar-refractivity contribution in [3.05, 3.63) is 83.6 Å². The van der Waals surface area contributed by atoms with Gasteiger partial charge < -0.3 is 26.0 Å². The first-order chi connectivity index (χ1) is 15.5. The molecule has 3 aromatic rings. The van der Waals surface area contributed by atoms with Crippen LogP contribution in [0, 0.1) is 0 Å². The lowest BCUT2D eigenvalue weighted by atomic mass is 9.92. The summed E-state index contributed by atoms with van der Waals surface area (Å²) in [7, 11) is 1.39. The van der Waals surface area contributed by atoms with Crippen LogP contribution in [0.3, 0.4) is 0 Å². The summed E-state index contributed by atoms with van der Waals surface area (Å²) < 4.78 is 4.74. The number of ether oxygens (including phenoxy) is 1. The maximum atomic E-state index is 11.8. The third kappa shape index (κ3) is 4.80. The molecule has 1 aromatic heterocycles. The van der Waals surface area contributed by atoms with Crippen LogP contribution in [-0.4, -0.2) is 42.1 Å². The summed E-state index contributed by atoms with van der Waals surface area (Å²) in [5, 5.41) is 6.53. The Morgan fingerprint density at radius 3 is 2.50 bits per heavy atom. The Labute approximate surface area is 186 Å². The second kappa shape index (κ2) is 9.38. The number of hydrogen-bond acceptors (Lipinski definition) is 6. The molecule has 32 heavy (non-hydrogen) atoms. The van der Waals surface area contributed by atoms with Gasteiger partial charge in [0.25, 0.3) is 5.91 Å². The number of nitrogens with two attached hydrogens (primary N) is 1. The maximum Gasteiger partial charge on any atom is 0.409 e. The SMILES string of the molecule is COC(=O)N1CC(c2ccc(Nc3cc(NCc4ccccc4)c(C(N)=O)cn3)cc2)C1. The van der Waals surface area contributed by atoms with Crippen molar-refractivity contribution in [2.24, 2.45) is 5.73 Å². The van der Waals surface area contributed by atoms with Crippen LogP contribution >= 0.6 is 0 Å². The van der Waals surface area contributed by atoms with Crippen LogP contribution in [0.2, 0.25) is 0 Å². The van der Waals surface area contributed by atoms with Gasteiger partial charge in [0.1, 0.15) is 5.82 Å². The van der Waals surface area contributed by atoms with E-state index < -0.39 is 5.91 Å². The van der Waals surface area contributed by atoms with E-state index >= 15 is 0 Å². The second-order valence-corrected chi connectivity index (χ2v) is 7.64. The van der Waals surface area contributed by atoms with Gasteiger partial charge in [-0.3, -0.25) is 4.79 Å². The van der Waals surface area contributed by atoms with Crippen molar-refractivity contribution < 1.29 is 14.3 Å². The molecule has 0 saturated carbocycles. The molecule has 2 aromatic carbocycles. The summed E-state index contributed by atoms with van der Waals surface area (Å²) in [4.78, 5) is 29.3. The van der Waals surface area contributed by atoms with Crippen molar-refractivity contribution in [2.45, 2.75) is 12.5 Å². The van der Waals surface area contributed by atoms with E-state index in [1.165, 1.54) is 13.3 Å². The van der Waals surface area contributed by atoms with Crippen molar-refractivity contribution in [1.29, 1.82) is 0 Å². The number of nitrogens with zero attached hydrogens (tertiary/aromatic N) is 2. The van der Waals surface area contributed by atoms with E-state index in [0.29, 0.717) is 42.6 Å². The molecule has 1 aliphatic rings. The first-order valence-electron chi connectivity index (χ1n) is 10.3. The number of methoxy groups -OCH3 is 1. The van der Waals surface area contributed by atoms with Gasteiger partial charge in [-0.2, -0.15) is 0 Å². The predicted molar refractivity (Wildman–Crippen MR) is 123 cm³/mol. The Balaban J connectivity index is 1.42. The van der Waals surface area contributed by atoms with Crippen molar-refractivity contribution in [2.75, 3.05) is 30.8 Å². The molecule has 1 saturated heterocycles. The third-order valence-corrected chi connectivity index (χ3v) is 5.46. The van der Waals surface area contributed by atoms with E-state index in [9.17, 15) is 9.59 Å². The molecule has 8 heteroatoms. The van der Waals surface area contributed by atoms with Crippen molar-refractivity contribution in [3.63, 3.8) is 0 Å². The number of likely N-dealkylation sites (tertiary alicyclic amines) is 1. The molecular weight excluding hydrogens is 406 g/mol. The van der Waals surface area contributed by atoms with Gasteiger partial charge in [-0.05, 0) is 23.3 Å². The fourth-order valence-electron chi connectivity index (χ4n) is 3.61. The number of nitrogens with one attached hydrogen (secondary N) is 2. The highest BCUT2D eigenvalue weighted by atomic mass is 16.5. The molecule has 4 rings (SSSR count). The first kappa shape index (κ1) is 21.2. The van der Waals surface area contributed by atoms with Crippen molar-refractivity contribution in [1.82, 2.24) is 9.88 Å². The number of rotatable bonds is 7. The maximum absolute atomic E-state index is 11.8. The number of primary amides is 1. The summed E-state index contributed by atoms with van der Waals surface area (Å²) in [6.45, 7) is 1.88. The topological polar surface area (TPSA) is 110 Å². The minimum atomic E-state index is -0.537. The Hall–Kier alpha value is -4.07. The van der Waals surface area contributed by atoms with Gasteiger partial charge >= 0.3 is 6.09 Å². The van der Waals surface area contributed by atoms with Gasteiger partial charge in [-0.15, -0.1) is 0 Å². The van der Waals surface area contributed by atoms with Crippen LogP contribution in [0.25, 0.3) is 0 Å². The summed E-state index contributed by atoms with van der Waals surface area (Å²) in [6, 6.07) is 19.7. The lowest BCUT2D eigenvalue weighted by molar-refractivity contribution is 0.0880. The van der Waals surface area contributed by atoms with Gasteiger partial charge in [0.05, 0.1) is 18.4 Å².